The molecule has 0 fully saturated rings. The van der Waals surface area contributed by atoms with Crippen LogP contribution in [0.15, 0.2) is 60.0 Å². The first-order valence-corrected chi connectivity index (χ1v) is 9.77. The number of rotatable bonds is 7. The maximum Gasteiger partial charge on any atom is 0.342 e. The average Bonchev–Trinajstić information content (AvgIpc) is 3.09. The summed E-state index contributed by atoms with van der Waals surface area (Å²) in [5.74, 6) is -1.02. The summed E-state index contributed by atoms with van der Waals surface area (Å²) >= 11 is 1.43. The number of aliphatic carboxylic acids is 1. The van der Waals surface area contributed by atoms with Crippen LogP contribution in [-0.2, 0) is 21.6 Å². The predicted octanol–water partition coefficient (Wildman–Crippen LogP) is 5.07. The fourth-order valence-corrected chi connectivity index (χ4v) is 3.79. The Kier molecular flexibility index (Phi) is 5.73. The van der Waals surface area contributed by atoms with E-state index < -0.39 is 11.6 Å². The van der Waals surface area contributed by atoms with Crippen molar-refractivity contribution in [1.29, 1.82) is 0 Å². The SMILES string of the molecule is Cc1nc(C(Cc2ccc(-c3ccccc3)cc2)(OC(C)C)C(=O)O)cs1. The van der Waals surface area contributed by atoms with E-state index >= 15 is 0 Å². The minimum Gasteiger partial charge on any atom is -0.479 e. The first kappa shape index (κ1) is 19.3. The lowest BCUT2D eigenvalue weighted by Crippen LogP contribution is -2.43. The van der Waals surface area contributed by atoms with Crippen LogP contribution in [0.1, 0.15) is 30.1 Å². The third-order valence-electron chi connectivity index (χ3n) is 4.33. The fraction of sp³-hybridized carbons (Fsp3) is 0.273. The van der Waals surface area contributed by atoms with E-state index in [1.165, 1.54) is 11.3 Å². The molecule has 2 aromatic carbocycles. The first-order valence-electron chi connectivity index (χ1n) is 8.89. The topological polar surface area (TPSA) is 59.4 Å². The summed E-state index contributed by atoms with van der Waals surface area (Å²) in [5, 5.41) is 12.7. The molecular formula is C22H23NO3S. The molecule has 0 aliphatic rings. The molecule has 0 amide bonds. The number of benzene rings is 2. The molecule has 27 heavy (non-hydrogen) atoms. The molecule has 1 atom stereocenters. The van der Waals surface area contributed by atoms with E-state index in [9.17, 15) is 9.90 Å². The lowest BCUT2D eigenvalue weighted by Gasteiger charge is -2.30. The van der Waals surface area contributed by atoms with Gasteiger partial charge in [0.05, 0.1) is 16.8 Å². The Labute approximate surface area is 163 Å². The summed E-state index contributed by atoms with van der Waals surface area (Å²) in [6, 6.07) is 18.0. The molecular weight excluding hydrogens is 358 g/mol. The largest absolute Gasteiger partial charge is 0.479 e. The summed E-state index contributed by atoms with van der Waals surface area (Å²) in [6.45, 7) is 5.55. The van der Waals surface area contributed by atoms with E-state index in [4.69, 9.17) is 4.74 Å². The number of thiazole rings is 1. The normalized spacial score (nSPS) is 13.5. The Hall–Kier alpha value is -2.50. The second-order valence-electron chi connectivity index (χ2n) is 6.79. The molecule has 140 valence electrons. The molecule has 0 saturated carbocycles. The number of nitrogens with zero attached hydrogens (tertiary/aromatic N) is 1. The number of carboxylic acid groups (broad SMARTS) is 1. The van der Waals surface area contributed by atoms with Gasteiger partial charge in [-0.05, 0) is 37.5 Å². The molecule has 0 bridgehead atoms. The summed E-state index contributed by atoms with van der Waals surface area (Å²) in [4.78, 5) is 16.7. The zero-order valence-electron chi connectivity index (χ0n) is 15.7. The number of hydrogen-bond acceptors (Lipinski definition) is 4. The van der Waals surface area contributed by atoms with Crippen molar-refractivity contribution >= 4 is 17.3 Å². The van der Waals surface area contributed by atoms with Gasteiger partial charge in [-0.3, -0.25) is 0 Å². The summed E-state index contributed by atoms with van der Waals surface area (Å²) in [5.41, 5.74) is 2.08. The third kappa shape index (κ3) is 4.26. The predicted molar refractivity (Wildman–Crippen MR) is 108 cm³/mol. The number of carboxylic acids is 1. The Balaban J connectivity index is 1.95. The molecule has 0 radical (unpaired) electrons. The Morgan fingerprint density at radius 2 is 1.74 bits per heavy atom. The quantitative estimate of drug-likeness (QED) is 0.621. The third-order valence-corrected chi connectivity index (χ3v) is 5.10. The lowest BCUT2D eigenvalue weighted by molar-refractivity contribution is -0.174. The highest BCUT2D eigenvalue weighted by Gasteiger charge is 2.44. The Bertz CT molecular complexity index is 903. The average molecular weight is 381 g/mol. The van der Waals surface area contributed by atoms with Crippen molar-refractivity contribution in [3.05, 3.63) is 76.2 Å². The van der Waals surface area contributed by atoms with Crippen LogP contribution in [0.25, 0.3) is 11.1 Å². The maximum atomic E-state index is 12.3. The summed E-state index contributed by atoms with van der Waals surface area (Å²) in [6.07, 6.45) is -0.0228. The van der Waals surface area contributed by atoms with Crippen molar-refractivity contribution in [2.75, 3.05) is 0 Å². The molecule has 0 aliphatic carbocycles. The molecule has 1 aromatic heterocycles. The lowest BCUT2D eigenvalue weighted by atomic mass is 9.90. The number of aromatic nitrogens is 1. The van der Waals surface area contributed by atoms with E-state index in [-0.39, 0.29) is 12.5 Å². The Morgan fingerprint density at radius 3 is 2.26 bits per heavy atom. The zero-order valence-corrected chi connectivity index (χ0v) is 16.5. The van der Waals surface area contributed by atoms with Crippen molar-refractivity contribution in [3.63, 3.8) is 0 Å². The van der Waals surface area contributed by atoms with Gasteiger partial charge in [0.25, 0.3) is 0 Å². The first-order chi connectivity index (χ1) is 12.9. The van der Waals surface area contributed by atoms with Gasteiger partial charge in [-0.15, -0.1) is 11.3 Å². The van der Waals surface area contributed by atoms with Gasteiger partial charge in [-0.2, -0.15) is 0 Å². The summed E-state index contributed by atoms with van der Waals surface area (Å²) in [7, 11) is 0. The number of ether oxygens (including phenoxy) is 1. The van der Waals surface area contributed by atoms with E-state index in [2.05, 4.69) is 17.1 Å². The van der Waals surface area contributed by atoms with Gasteiger partial charge in [-0.1, -0.05) is 54.6 Å². The van der Waals surface area contributed by atoms with Crippen molar-refractivity contribution in [3.8, 4) is 11.1 Å². The minimum atomic E-state index is -1.49. The van der Waals surface area contributed by atoms with Gasteiger partial charge in [0, 0.05) is 11.8 Å². The van der Waals surface area contributed by atoms with Gasteiger partial charge < -0.3 is 9.84 Å². The van der Waals surface area contributed by atoms with Gasteiger partial charge in [-0.25, -0.2) is 9.78 Å². The number of carbonyl (C=O) groups is 1. The molecule has 1 N–H and O–H groups in total. The van der Waals surface area contributed by atoms with Gasteiger partial charge in [0.1, 0.15) is 0 Å². The van der Waals surface area contributed by atoms with Crippen LogP contribution in [-0.4, -0.2) is 22.2 Å². The molecule has 0 spiro atoms. The molecule has 3 aromatic rings. The van der Waals surface area contributed by atoms with Gasteiger partial charge in [0.2, 0.25) is 5.60 Å². The second kappa shape index (κ2) is 8.03. The van der Waals surface area contributed by atoms with Crippen LogP contribution in [0.2, 0.25) is 0 Å². The number of hydrogen-bond donors (Lipinski definition) is 1. The highest BCUT2D eigenvalue weighted by Crippen LogP contribution is 2.33. The van der Waals surface area contributed by atoms with E-state index in [0.29, 0.717) is 5.69 Å². The zero-order chi connectivity index (χ0) is 19.4. The second-order valence-corrected chi connectivity index (χ2v) is 7.85. The van der Waals surface area contributed by atoms with E-state index in [1.54, 1.807) is 5.38 Å². The standard InChI is InChI=1S/C22H23NO3S/c1-15(2)26-22(21(24)25,20-14-27-16(3)23-20)13-17-9-11-19(12-10-17)18-7-5-4-6-8-18/h4-12,14-15H,13H2,1-3H3,(H,24,25). The van der Waals surface area contributed by atoms with Gasteiger partial charge >= 0.3 is 5.97 Å². The van der Waals surface area contributed by atoms with Crippen LogP contribution in [0, 0.1) is 6.92 Å². The number of aryl methyl sites for hydroxylation is 1. The van der Waals surface area contributed by atoms with Crippen LogP contribution >= 0.6 is 11.3 Å². The highest BCUT2D eigenvalue weighted by atomic mass is 32.1. The monoisotopic (exact) mass is 381 g/mol. The molecule has 4 nitrogen and oxygen atoms in total. The maximum absolute atomic E-state index is 12.3. The molecule has 1 heterocycles. The summed E-state index contributed by atoms with van der Waals surface area (Å²) < 4.78 is 5.96. The fourth-order valence-electron chi connectivity index (χ4n) is 3.11. The van der Waals surface area contributed by atoms with Crippen LogP contribution < -0.4 is 0 Å². The van der Waals surface area contributed by atoms with Crippen LogP contribution in [0.3, 0.4) is 0 Å². The molecule has 5 heteroatoms. The Morgan fingerprint density at radius 1 is 1.11 bits per heavy atom. The molecule has 3 rings (SSSR count). The van der Waals surface area contributed by atoms with Crippen molar-refractivity contribution < 1.29 is 14.6 Å². The minimum absolute atomic E-state index is 0.221. The van der Waals surface area contributed by atoms with E-state index in [0.717, 1.165) is 21.7 Å². The molecule has 1 unspecified atom stereocenters. The van der Waals surface area contributed by atoms with Gasteiger partial charge in [0.15, 0.2) is 0 Å². The van der Waals surface area contributed by atoms with Crippen molar-refractivity contribution in [1.82, 2.24) is 4.98 Å². The molecule has 0 aliphatic heterocycles. The van der Waals surface area contributed by atoms with E-state index in [1.807, 2.05) is 63.2 Å². The van der Waals surface area contributed by atoms with Crippen molar-refractivity contribution in [2.45, 2.75) is 38.9 Å². The molecule has 0 saturated heterocycles. The van der Waals surface area contributed by atoms with Crippen molar-refractivity contribution in [2.24, 2.45) is 0 Å². The van der Waals surface area contributed by atoms with Crippen LogP contribution in [0.5, 0.6) is 0 Å². The van der Waals surface area contributed by atoms with Crippen LogP contribution in [0.4, 0.5) is 0 Å². The highest BCUT2D eigenvalue weighted by molar-refractivity contribution is 7.09. The smallest absolute Gasteiger partial charge is 0.342 e.